The minimum absolute atomic E-state index is 0.120. The molecule has 0 radical (unpaired) electrons. The molecule has 0 fully saturated rings. The summed E-state index contributed by atoms with van der Waals surface area (Å²) in [5, 5.41) is 13.1. The Hall–Kier alpha value is -0.930. The SMILES string of the molecule is Cc1cc(F)ccc1CNCC(O)C(C)(C)C. The summed E-state index contributed by atoms with van der Waals surface area (Å²) >= 11 is 0. The summed E-state index contributed by atoms with van der Waals surface area (Å²) in [5.74, 6) is -0.207. The zero-order chi connectivity index (χ0) is 13.1. The molecular weight excluding hydrogens is 217 g/mol. The Bertz CT molecular complexity index is 371. The Labute approximate surface area is 103 Å². The maximum Gasteiger partial charge on any atom is 0.123 e. The fourth-order valence-corrected chi connectivity index (χ4v) is 1.51. The van der Waals surface area contributed by atoms with E-state index in [9.17, 15) is 9.50 Å². The Balaban J connectivity index is 2.46. The van der Waals surface area contributed by atoms with Crippen LogP contribution in [-0.2, 0) is 6.54 Å². The van der Waals surface area contributed by atoms with Crippen molar-refractivity contribution in [3.63, 3.8) is 0 Å². The van der Waals surface area contributed by atoms with Crippen LogP contribution in [0.5, 0.6) is 0 Å². The van der Waals surface area contributed by atoms with Gasteiger partial charge in [-0.2, -0.15) is 0 Å². The summed E-state index contributed by atoms with van der Waals surface area (Å²) in [6.45, 7) is 9.09. The van der Waals surface area contributed by atoms with E-state index in [1.807, 2.05) is 27.7 Å². The Morgan fingerprint density at radius 1 is 1.35 bits per heavy atom. The molecule has 0 heterocycles. The Morgan fingerprint density at radius 2 is 2.00 bits per heavy atom. The molecule has 0 saturated heterocycles. The number of hydrogen-bond donors (Lipinski definition) is 2. The number of aliphatic hydroxyl groups excluding tert-OH is 1. The van der Waals surface area contributed by atoms with E-state index in [1.54, 1.807) is 6.07 Å². The molecule has 0 aromatic heterocycles. The third kappa shape index (κ3) is 4.44. The van der Waals surface area contributed by atoms with E-state index in [0.717, 1.165) is 11.1 Å². The molecule has 2 nitrogen and oxygen atoms in total. The second kappa shape index (κ2) is 5.61. The highest BCUT2D eigenvalue weighted by Gasteiger charge is 2.21. The van der Waals surface area contributed by atoms with Crippen LogP contribution >= 0.6 is 0 Å². The first-order valence-corrected chi connectivity index (χ1v) is 5.94. The van der Waals surface area contributed by atoms with E-state index in [4.69, 9.17) is 0 Å². The largest absolute Gasteiger partial charge is 0.391 e. The summed E-state index contributed by atoms with van der Waals surface area (Å²) in [4.78, 5) is 0. The maximum absolute atomic E-state index is 12.9. The predicted octanol–water partition coefficient (Wildman–Crippen LogP) is 2.63. The van der Waals surface area contributed by atoms with Gasteiger partial charge in [0, 0.05) is 13.1 Å². The van der Waals surface area contributed by atoms with E-state index in [1.165, 1.54) is 12.1 Å². The van der Waals surface area contributed by atoms with Crippen molar-refractivity contribution < 1.29 is 9.50 Å². The molecule has 3 heteroatoms. The van der Waals surface area contributed by atoms with Gasteiger partial charge in [0.15, 0.2) is 0 Å². The monoisotopic (exact) mass is 239 g/mol. The van der Waals surface area contributed by atoms with Gasteiger partial charge in [0.25, 0.3) is 0 Å². The van der Waals surface area contributed by atoms with Gasteiger partial charge >= 0.3 is 0 Å². The summed E-state index contributed by atoms with van der Waals surface area (Å²) in [7, 11) is 0. The van der Waals surface area contributed by atoms with Crippen LogP contribution in [0.2, 0.25) is 0 Å². The van der Waals surface area contributed by atoms with Crippen LogP contribution in [0.4, 0.5) is 4.39 Å². The highest BCUT2D eigenvalue weighted by molar-refractivity contribution is 5.26. The van der Waals surface area contributed by atoms with E-state index in [0.29, 0.717) is 13.1 Å². The lowest BCUT2D eigenvalue weighted by Crippen LogP contribution is -2.36. The number of aryl methyl sites for hydroxylation is 1. The van der Waals surface area contributed by atoms with Crippen molar-refractivity contribution in [2.24, 2.45) is 5.41 Å². The van der Waals surface area contributed by atoms with Gasteiger partial charge < -0.3 is 10.4 Å². The molecule has 1 unspecified atom stereocenters. The topological polar surface area (TPSA) is 32.3 Å². The molecule has 1 rings (SSSR count). The summed E-state index contributed by atoms with van der Waals surface area (Å²) < 4.78 is 12.9. The number of hydrogen-bond acceptors (Lipinski definition) is 2. The van der Waals surface area contributed by atoms with E-state index < -0.39 is 0 Å². The highest BCUT2D eigenvalue weighted by atomic mass is 19.1. The summed E-state index contributed by atoms with van der Waals surface area (Å²) in [6, 6.07) is 4.77. The van der Waals surface area contributed by atoms with Gasteiger partial charge in [-0.15, -0.1) is 0 Å². The van der Waals surface area contributed by atoms with Gasteiger partial charge in [0.05, 0.1) is 6.10 Å². The van der Waals surface area contributed by atoms with Crippen molar-refractivity contribution in [2.75, 3.05) is 6.54 Å². The lowest BCUT2D eigenvalue weighted by molar-refractivity contribution is 0.0627. The van der Waals surface area contributed by atoms with Crippen molar-refractivity contribution in [2.45, 2.75) is 40.3 Å². The lowest BCUT2D eigenvalue weighted by Gasteiger charge is -2.26. The molecule has 0 bridgehead atoms. The lowest BCUT2D eigenvalue weighted by atomic mass is 9.89. The summed E-state index contributed by atoms with van der Waals surface area (Å²) in [6.07, 6.45) is -0.386. The van der Waals surface area contributed by atoms with Crippen LogP contribution in [0, 0.1) is 18.2 Å². The number of halogens is 1. The second-order valence-electron chi connectivity index (χ2n) is 5.58. The number of aliphatic hydroxyl groups is 1. The first kappa shape index (κ1) is 14.1. The smallest absolute Gasteiger partial charge is 0.123 e. The molecule has 0 spiro atoms. The van der Waals surface area contributed by atoms with Gasteiger partial charge in [0.2, 0.25) is 0 Å². The molecule has 1 aromatic rings. The standard InChI is InChI=1S/C14H22FNO/c1-10-7-12(15)6-5-11(10)8-16-9-13(17)14(2,3)4/h5-7,13,16-17H,8-9H2,1-4H3. The van der Waals surface area contributed by atoms with Crippen molar-refractivity contribution in [1.82, 2.24) is 5.32 Å². The van der Waals surface area contributed by atoms with Crippen molar-refractivity contribution in [1.29, 1.82) is 0 Å². The van der Waals surface area contributed by atoms with Gasteiger partial charge in [0.1, 0.15) is 5.82 Å². The van der Waals surface area contributed by atoms with E-state index in [-0.39, 0.29) is 17.3 Å². The first-order chi connectivity index (χ1) is 7.80. The number of benzene rings is 1. The molecule has 17 heavy (non-hydrogen) atoms. The fourth-order valence-electron chi connectivity index (χ4n) is 1.51. The number of nitrogens with one attached hydrogen (secondary N) is 1. The first-order valence-electron chi connectivity index (χ1n) is 5.94. The molecule has 1 aromatic carbocycles. The second-order valence-corrected chi connectivity index (χ2v) is 5.58. The molecular formula is C14H22FNO. The van der Waals surface area contributed by atoms with Crippen molar-refractivity contribution >= 4 is 0 Å². The van der Waals surface area contributed by atoms with E-state index >= 15 is 0 Å². The van der Waals surface area contributed by atoms with E-state index in [2.05, 4.69) is 5.32 Å². The van der Waals surface area contributed by atoms with Crippen LogP contribution in [-0.4, -0.2) is 17.8 Å². The Morgan fingerprint density at radius 3 is 2.53 bits per heavy atom. The molecule has 1 atom stereocenters. The van der Waals surface area contributed by atoms with Gasteiger partial charge in [-0.25, -0.2) is 4.39 Å². The number of rotatable bonds is 4. The molecule has 0 aliphatic rings. The van der Waals surface area contributed by atoms with Crippen LogP contribution < -0.4 is 5.32 Å². The van der Waals surface area contributed by atoms with Gasteiger partial charge in [-0.1, -0.05) is 26.8 Å². The van der Waals surface area contributed by atoms with Crippen LogP contribution in [0.25, 0.3) is 0 Å². The van der Waals surface area contributed by atoms with Gasteiger partial charge in [-0.3, -0.25) is 0 Å². The normalized spacial score (nSPS) is 13.8. The fraction of sp³-hybridized carbons (Fsp3) is 0.571. The molecule has 2 N–H and O–H groups in total. The third-order valence-corrected chi connectivity index (χ3v) is 2.96. The quantitative estimate of drug-likeness (QED) is 0.846. The van der Waals surface area contributed by atoms with Crippen LogP contribution in [0.1, 0.15) is 31.9 Å². The van der Waals surface area contributed by atoms with Gasteiger partial charge in [-0.05, 0) is 35.6 Å². The minimum atomic E-state index is -0.386. The average Bonchev–Trinajstić information content (AvgIpc) is 2.19. The molecule has 0 aliphatic carbocycles. The highest BCUT2D eigenvalue weighted by Crippen LogP contribution is 2.18. The summed E-state index contributed by atoms with van der Waals surface area (Å²) in [5.41, 5.74) is 1.88. The zero-order valence-electron chi connectivity index (χ0n) is 11.0. The van der Waals surface area contributed by atoms with Crippen LogP contribution in [0.15, 0.2) is 18.2 Å². The Kier molecular flexibility index (Phi) is 4.66. The molecule has 0 amide bonds. The van der Waals surface area contributed by atoms with Crippen LogP contribution in [0.3, 0.4) is 0 Å². The third-order valence-electron chi connectivity index (χ3n) is 2.96. The zero-order valence-corrected chi connectivity index (χ0v) is 11.0. The molecule has 0 saturated carbocycles. The average molecular weight is 239 g/mol. The molecule has 0 aliphatic heterocycles. The molecule has 96 valence electrons. The predicted molar refractivity (Wildman–Crippen MR) is 68.3 cm³/mol. The maximum atomic E-state index is 12.9. The van der Waals surface area contributed by atoms with Crippen molar-refractivity contribution in [3.05, 3.63) is 35.1 Å². The van der Waals surface area contributed by atoms with Crippen molar-refractivity contribution in [3.8, 4) is 0 Å². The minimum Gasteiger partial charge on any atom is -0.391 e.